The lowest BCUT2D eigenvalue weighted by Crippen LogP contribution is -2.16. The van der Waals surface area contributed by atoms with Crippen LogP contribution in [0.1, 0.15) is 10.4 Å². The molecule has 0 atom stereocenters. The fraction of sp³-hybridized carbons (Fsp3) is 0. The van der Waals surface area contributed by atoms with E-state index in [0.717, 1.165) is 12.1 Å². The maximum absolute atomic E-state index is 13.5. The number of nitrogen functional groups attached to an aromatic ring is 1. The molecule has 1 aromatic heterocycles. The molecule has 3 N–H and O–H groups in total. The summed E-state index contributed by atoms with van der Waals surface area (Å²) in [7, 11) is 0. The van der Waals surface area contributed by atoms with Crippen LogP contribution in [0.4, 0.5) is 20.2 Å². The van der Waals surface area contributed by atoms with Gasteiger partial charge in [-0.3, -0.25) is 4.79 Å². The topological polar surface area (TPSA) is 55.1 Å². The number of hydrogen-bond donors (Lipinski definition) is 2. The number of nitrogens with one attached hydrogen (secondary N) is 1. The number of carbonyl (C=O) groups is 1. The molecule has 0 unspecified atom stereocenters. The van der Waals surface area contributed by atoms with E-state index in [1.165, 1.54) is 11.3 Å². The highest BCUT2D eigenvalue weighted by atomic mass is 32.1. The van der Waals surface area contributed by atoms with Crippen LogP contribution in [0.5, 0.6) is 0 Å². The first-order valence-electron chi connectivity index (χ1n) is 4.66. The Morgan fingerprint density at radius 2 is 2.06 bits per heavy atom. The summed E-state index contributed by atoms with van der Waals surface area (Å²) in [5.41, 5.74) is 4.84. The van der Waals surface area contributed by atoms with Gasteiger partial charge in [0.1, 0.15) is 11.4 Å². The molecule has 1 amide bonds. The second-order valence-corrected chi connectivity index (χ2v) is 4.07. The number of rotatable bonds is 2. The molecule has 2 rings (SSSR count). The van der Waals surface area contributed by atoms with E-state index in [0.29, 0.717) is 5.69 Å². The van der Waals surface area contributed by atoms with Crippen molar-refractivity contribution in [3.05, 3.63) is 46.2 Å². The van der Waals surface area contributed by atoms with E-state index in [4.69, 9.17) is 5.73 Å². The van der Waals surface area contributed by atoms with Gasteiger partial charge in [0, 0.05) is 5.38 Å². The molecule has 1 heterocycles. The van der Waals surface area contributed by atoms with Crippen molar-refractivity contribution in [2.75, 3.05) is 11.1 Å². The zero-order valence-corrected chi connectivity index (χ0v) is 9.35. The summed E-state index contributed by atoms with van der Waals surface area (Å²) in [5, 5.41) is 5.77. The van der Waals surface area contributed by atoms with Gasteiger partial charge in [-0.15, -0.1) is 0 Å². The Kier molecular flexibility index (Phi) is 3.06. The molecule has 1 aromatic carbocycles. The Balaban J connectivity index is 2.34. The molecule has 0 spiro atoms. The predicted molar refractivity (Wildman–Crippen MR) is 63.0 cm³/mol. The van der Waals surface area contributed by atoms with Crippen LogP contribution >= 0.6 is 11.3 Å². The summed E-state index contributed by atoms with van der Waals surface area (Å²) < 4.78 is 26.9. The summed E-state index contributed by atoms with van der Waals surface area (Å²) in [4.78, 5) is 11.7. The number of amides is 1. The second-order valence-electron chi connectivity index (χ2n) is 3.29. The zero-order chi connectivity index (χ0) is 12.4. The predicted octanol–water partition coefficient (Wildman–Crippen LogP) is 2.86. The number of benzene rings is 1. The van der Waals surface area contributed by atoms with Crippen molar-refractivity contribution in [2.24, 2.45) is 0 Å². The van der Waals surface area contributed by atoms with E-state index in [9.17, 15) is 13.6 Å². The fourth-order valence-electron chi connectivity index (χ4n) is 1.31. The van der Waals surface area contributed by atoms with E-state index in [1.807, 2.05) is 0 Å². The molecule has 0 saturated heterocycles. The van der Waals surface area contributed by atoms with Crippen molar-refractivity contribution < 1.29 is 13.6 Å². The van der Waals surface area contributed by atoms with E-state index >= 15 is 0 Å². The van der Waals surface area contributed by atoms with Crippen molar-refractivity contribution in [2.45, 2.75) is 0 Å². The fourth-order valence-corrected chi connectivity index (χ4v) is 1.89. The molecular formula is C11H8F2N2OS. The van der Waals surface area contributed by atoms with Gasteiger partial charge in [-0.1, -0.05) is 0 Å². The summed E-state index contributed by atoms with van der Waals surface area (Å²) in [5.74, 6) is -2.84. The van der Waals surface area contributed by atoms with Crippen molar-refractivity contribution in [1.82, 2.24) is 0 Å². The van der Waals surface area contributed by atoms with Crippen molar-refractivity contribution >= 4 is 28.6 Å². The number of nitrogens with two attached hydrogens (primary N) is 1. The first kappa shape index (κ1) is 11.5. The maximum atomic E-state index is 13.5. The molecule has 0 aliphatic rings. The smallest absolute Gasteiger partial charge is 0.261 e. The van der Waals surface area contributed by atoms with Crippen LogP contribution in [-0.4, -0.2) is 5.91 Å². The van der Waals surface area contributed by atoms with E-state index in [-0.39, 0.29) is 5.69 Å². The molecule has 0 fully saturated rings. The van der Waals surface area contributed by atoms with Gasteiger partial charge in [-0.2, -0.15) is 11.3 Å². The van der Waals surface area contributed by atoms with Gasteiger partial charge in [0.25, 0.3) is 5.91 Å². The Morgan fingerprint density at radius 3 is 2.71 bits per heavy atom. The molecule has 0 saturated carbocycles. The lowest BCUT2D eigenvalue weighted by Gasteiger charge is -2.07. The molecule has 3 nitrogen and oxygen atoms in total. The van der Waals surface area contributed by atoms with Gasteiger partial charge in [-0.05, 0) is 23.6 Å². The third-order valence-electron chi connectivity index (χ3n) is 2.13. The zero-order valence-electron chi connectivity index (χ0n) is 8.54. The quantitative estimate of drug-likeness (QED) is 0.810. The summed E-state index contributed by atoms with van der Waals surface area (Å²) in [6, 6.07) is 3.66. The third kappa shape index (κ3) is 2.26. The summed E-state index contributed by atoms with van der Waals surface area (Å²) >= 11 is 1.36. The summed E-state index contributed by atoms with van der Waals surface area (Å²) in [6.07, 6.45) is 0. The maximum Gasteiger partial charge on any atom is 0.261 e. The summed E-state index contributed by atoms with van der Waals surface area (Å²) in [6.45, 7) is 0. The molecule has 0 bridgehead atoms. The first-order chi connectivity index (χ1) is 8.09. The normalized spacial score (nSPS) is 10.2. The van der Waals surface area contributed by atoms with Gasteiger partial charge < -0.3 is 11.1 Å². The van der Waals surface area contributed by atoms with Crippen LogP contribution in [0.15, 0.2) is 29.0 Å². The SMILES string of the molecule is Nc1ccc(F)c(C(=O)Nc2ccsc2)c1F. The van der Waals surface area contributed by atoms with Gasteiger partial charge >= 0.3 is 0 Å². The molecule has 88 valence electrons. The van der Waals surface area contributed by atoms with Crippen LogP contribution < -0.4 is 11.1 Å². The average Bonchev–Trinajstić information content (AvgIpc) is 2.77. The number of halogens is 2. The Morgan fingerprint density at radius 1 is 1.29 bits per heavy atom. The average molecular weight is 254 g/mol. The Labute approximate surface area is 99.9 Å². The van der Waals surface area contributed by atoms with E-state index in [2.05, 4.69) is 5.32 Å². The Bertz CT molecular complexity index is 555. The van der Waals surface area contributed by atoms with E-state index in [1.54, 1.807) is 16.8 Å². The molecule has 2 aromatic rings. The van der Waals surface area contributed by atoms with Crippen LogP contribution in [0.3, 0.4) is 0 Å². The van der Waals surface area contributed by atoms with Gasteiger partial charge in [0.2, 0.25) is 0 Å². The number of thiophene rings is 1. The Hall–Kier alpha value is -1.95. The van der Waals surface area contributed by atoms with Crippen LogP contribution in [0.25, 0.3) is 0 Å². The second kappa shape index (κ2) is 4.50. The van der Waals surface area contributed by atoms with E-state index < -0.39 is 23.1 Å². The molecule has 17 heavy (non-hydrogen) atoms. The number of hydrogen-bond acceptors (Lipinski definition) is 3. The third-order valence-corrected chi connectivity index (χ3v) is 2.81. The molecule has 6 heteroatoms. The highest BCUT2D eigenvalue weighted by Gasteiger charge is 2.19. The van der Waals surface area contributed by atoms with Gasteiger partial charge in [0.15, 0.2) is 5.82 Å². The van der Waals surface area contributed by atoms with Crippen molar-refractivity contribution in [3.8, 4) is 0 Å². The van der Waals surface area contributed by atoms with Crippen molar-refractivity contribution in [1.29, 1.82) is 0 Å². The minimum atomic E-state index is -1.04. The van der Waals surface area contributed by atoms with Crippen LogP contribution in [0, 0.1) is 11.6 Å². The van der Waals surface area contributed by atoms with Crippen LogP contribution in [-0.2, 0) is 0 Å². The molecule has 0 radical (unpaired) electrons. The lowest BCUT2D eigenvalue weighted by molar-refractivity contribution is 0.101. The molecule has 0 aliphatic heterocycles. The molecule has 0 aliphatic carbocycles. The van der Waals surface area contributed by atoms with Gasteiger partial charge in [-0.25, -0.2) is 8.78 Å². The number of anilines is 2. The van der Waals surface area contributed by atoms with Gasteiger partial charge in [0.05, 0.1) is 11.4 Å². The first-order valence-corrected chi connectivity index (χ1v) is 5.61. The van der Waals surface area contributed by atoms with Crippen LogP contribution in [0.2, 0.25) is 0 Å². The molecular weight excluding hydrogens is 246 g/mol. The number of carbonyl (C=O) groups excluding carboxylic acids is 1. The standard InChI is InChI=1S/C11H8F2N2OS/c12-7-1-2-8(14)10(13)9(7)11(16)15-6-3-4-17-5-6/h1-5H,14H2,(H,15,16). The largest absolute Gasteiger partial charge is 0.396 e. The lowest BCUT2D eigenvalue weighted by atomic mass is 10.1. The van der Waals surface area contributed by atoms with Crippen molar-refractivity contribution in [3.63, 3.8) is 0 Å². The highest BCUT2D eigenvalue weighted by Crippen LogP contribution is 2.20. The minimum Gasteiger partial charge on any atom is -0.396 e. The minimum absolute atomic E-state index is 0.262. The monoisotopic (exact) mass is 254 g/mol. The highest BCUT2D eigenvalue weighted by molar-refractivity contribution is 7.08.